The molecule has 1 rings (SSSR count). The van der Waals surface area contributed by atoms with Crippen molar-refractivity contribution in [3.63, 3.8) is 0 Å². The summed E-state index contributed by atoms with van der Waals surface area (Å²) in [5.74, 6) is 2.13. The van der Waals surface area contributed by atoms with Crippen LogP contribution in [0.5, 0.6) is 0 Å². The van der Waals surface area contributed by atoms with E-state index in [2.05, 4.69) is 49.2 Å². The van der Waals surface area contributed by atoms with E-state index in [-0.39, 0.29) is 0 Å². The molecular formula is C21H41N2+. The van der Waals surface area contributed by atoms with Crippen molar-refractivity contribution < 1.29 is 4.57 Å². The molecule has 0 atom stereocenters. The summed E-state index contributed by atoms with van der Waals surface area (Å²) in [4.78, 5) is 0. The quantitative estimate of drug-likeness (QED) is 0.284. The highest BCUT2D eigenvalue weighted by atomic mass is 15.1. The Labute approximate surface area is 145 Å². The van der Waals surface area contributed by atoms with Crippen molar-refractivity contribution in [3.8, 4) is 0 Å². The van der Waals surface area contributed by atoms with Crippen LogP contribution in [-0.2, 0) is 13.1 Å². The van der Waals surface area contributed by atoms with Gasteiger partial charge in [0.1, 0.15) is 12.4 Å². The van der Waals surface area contributed by atoms with Gasteiger partial charge in [0.2, 0.25) is 0 Å². The van der Waals surface area contributed by atoms with Gasteiger partial charge in [0.15, 0.2) is 0 Å². The molecule has 1 heterocycles. The fraction of sp³-hybridized carbons (Fsp3) is 0.857. The highest BCUT2D eigenvalue weighted by molar-refractivity contribution is 4.89. The van der Waals surface area contributed by atoms with Gasteiger partial charge in [-0.3, -0.25) is 0 Å². The van der Waals surface area contributed by atoms with Crippen molar-refractivity contribution in [1.29, 1.82) is 0 Å². The predicted molar refractivity (Wildman–Crippen MR) is 101 cm³/mol. The molecule has 2 nitrogen and oxygen atoms in total. The first-order chi connectivity index (χ1) is 11.2. The lowest BCUT2D eigenvalue weighted by Crippen LogP contribution is -2.38. The van der Waals surface area contributed by atoms with Crippen LogP contribution in [0.25, 0.3) is 0 Å². The second-order valence-corrected chi connectivity index (χ2v) is 7.38. The third-order valence-corrected chi connectivity index (χ3v) is 4.79. The van der Waals surface area contributed by atoms with E-state index in [0.717, 1.165) is 0 Å². The highest BCUT2D eigenvalue weighted by Crippen LogP contribution is 2.13. The van der Waals surface area contributed by atoms with Gasteiger partial charge < -0.3 is 0 Å². The van der Waals surface area contributed by atoms with E-state index < -0.39 is 0 Å². The first kappa shape index (κ1) is 20.3. The molecule has 23 heavy (non-hydrogen) atoms. The van der Waals surface area contributed by atoms with Gasteiger partial charge in [0.05, 0.1) is 19.0 Å². The fourth-order valence-electron chi connectivity index (χ4n) is 3.47. The smallest absolute Gasteiger partial charge is 0.234 e. The van der Waals surface area contributed by atoms with Crippen LogP contribution in [0.1, 0.15) is 110 Å². The Morgan fingerprint density at radius 1 is 0.826 bits per heavy atom. The van der Waals surface area contributed by atoms with Gasteiger partial charge in [-0.15, -0.1) is 0 Å². The summed E-state index contributed by atoms with van der Waals surface area (Å²) in [7, 11) is 0. The van der Waals surface area contributed by atoms with Crippen LogP contribution in [0.3, 0.4) is 0 Å². The summed E-state index contributed by atoms with van der Waals surface area (Å²) in [5.41, 5.74) is 0. The van der Waals surface area contributed by atoms with E-state index in [1.807, 2.05) is 0 Å². The predicted octanol–water partition coefficient (Wildman–Crippen LogP) is 6.23. The maximum absolute atomic E-state index is 2.51. The number of hydrogen-bond donors (Lipinski definition) is 0. The summed E-state index contributed by atoms with van der Waals surface area (Å²) in [6.45, 7) is 11.6. The molecule has 0 N–H and O–H groups in total. The number of imidazole rings is 1. The molecule has 0 aromatic carbocycles. The van der Waals surface area contributed by atoms with Crippen molar-refractivity contribution in [1.82, 2.24) is 4.57 Å². The molecule has 0 saturated heterocycles. The zero-order valence-corrected chi connectivity index (χ0v) is 16.3. The minimum Gasteiger partial charge on any atom is -0.234 e. The van der Waals surface area contributed by atoms with Crippen LogP contribution >= 0.6 is 0 Å². The van der Waals surface area contributed by atoms with Crippen molar-refractivity contribution >= 4 is 0 Å². The van der Waals surface area contributed by atoms with E-state index in [1.165, 1.54) is 89.5 Å². The Bertz CT molecular complexity index is 393. The van der Waals surface area contributed by atoms with E-state index in [9.17, 15) is 0 Å². The van der Waals surface area contributed by atoms with Crippen LogP contribution in [-0.4, -0.2) is 4.57 Å². The summed E-state index contributed by atoms with van der Waals surface area (Å²) in [5, 5.41) is 0. The molecular weight excluding hydrogens is 280 g/mol. The van der Waals surface area contributed by atoms with E-state index in [1.54, 1.807) is 0 Å². The third kappa shape index (κ3) is 8.04. The van der Waals surface area contributed by atoms with Gasteiger partial charge in [-0.1, -0.05) is 72.6 Å². The Balaban J connectivity index is 2.37. The standard InChI is InChI=1S/C21H41N2/c1-5-7-9-11-12-13-15-17-23-19-18-22(21(23)20(3)4)16-14-10-8-6-2/h18-20H,5-17H2,1-4H3/q+1. The molecule has 0 bridgehead atoms. The zero-order chi connectivity index (χ0) is 16.9. The average molecular weight is 322 g/mol. The number of nitrogens with zero attached hydrogens (tertiary/aromatic N) is 2. The van der Waals surface area contributed by atoms with Crippen molar-refractivity contribution in [2.24, 2.45) is 0 Å². The second-order valence-electron chi connectivity index (χ2n) is 7.38. The normalized spacial score (nSPS) is 11.5. The molecule has 0 radical (unpaired) electrons. The molecule has 0 aliphatic rings. The summed E-state index contributed by atoms with van der Waals surface area (Å²) in [6.07, 6.45) is 19.7. The van der Waals surface area contributed by atoms with E-state index in [0.29, 0.717) is 5.92 Å². The minimum atomic E-state index is 0.612. The number of rotatable bonds is 14. The zero-order valence-electron chi connectivity index (χ0n) is 16.3. The van der Waals surface area contributed by atoms with Gasteiger partial charge in [0.25, 0.3) is 5.82 Å². The molecule has 134 valence electrons. The largest absolute Gasteiger partial charge is 0.258 e. The summed E-state index contributed by atoms with van der Waals surface area (Å²) < 4.78 is 5.01. The molecule has 0 unspecified atom stereocenters. The molecule has 2 heteroatoms. The number of aromatic nitrogens is 2. The van der Waals surface area contributed by atoms with Gasteiger partial charge in [-0.05, 0) is 25.7 Å². The molecule has 1 aromatic heterocycles. The van der Waals surface area contributed by atoms with Crippen molar-refractivity contribution in [2.75, 3.05) is 0 Å². The third-order valence-electron chi connectivity index (χ3n) is 4.79. The Morgan fingerprint density at radius 3 is 2.00 bits per heavy atom. The molecule has 0 fully saturated rings. The molecule has 0 saturated carbocycles. The Hall–Kier alpha value is -0.790. The maximum Gasteiger partial charge on any atom is 0.258 e. The van der Waals surface area contributed by atoms with E-state index >= 15 is 0 Å². The molecule has 1 aromatic rings. The summed E-state index contributed by atoms with van der Waals surface area (Å²) >= 11 is 0. The van der Waals surface area contributed by atoms with Crippen LogP contribution in [0.4, 0.5) is 0 Å². The van der Waals surface area contributed by atoms with Gasteiger partial charge in [-0.2, -0.15) is 0 Å². The first-order valence-corrected chi connectivity index (χ1v) is 10.3. The first-order valence-electron chi connectivity index (χ1n) is 10.3. The van der Waals surface area contributed by atoms with Gasteiger partial charge in [0, 0.05) is 0 Å². The monoisotopic (exact) mass is 321 g/mol. The van der Waals surface area contributed by atoms with Crippen LogP contribution in [0.2, 0.25) is 0 Å². The van der Waals surface area contributed by atoms with Crippen LogP contribution in [0.15, 0.2) is 12.4 Å². The maximum atomic E-state index is 2.51. The highest BCUT2D eigenvalue weighted by Gasteiger charge is 2.19. The molecule has 0 aliphatic carbocycles. The number of unbranched alkanes of at least 4 members (excludes halogenated alkanes) is 9. The average Bonchev–Trinajstić information content (AvgIpc) is 2.94. The number of aryl methyl sites for hydroxylation is 2. The topological polar surface area (TPSA) is 8.81 Å². The summed E-state index contributed by atoms with van der Waals surface area (Å²) in [6, 6.07) is 0. The lowest BCUT2D eigenvalue weighted by Gasteiger charge is -2.08. The molecule has 0 spiro atoms. The lowest BCUT2D eigenvalue weighted by atomic mass is 10.1. The van der Waals surface area contributed by atoms with Gasteiger partial charge >= 0.3 is 0 Å². The molecule has 0 aliphatic heterocycles. The number of hydrogen-bond acceptors (Lipinski definition) is 0. The van der Waals surface area contributed by atoms with E-state index in [4.69, 9.17) is 0 Å². The molecule has 0 amide bonds. The van der Waals surface area contributed by atoms with Crippen molar-refractivity contribution in [3.05, 3.63) is 18.2 Å². The van der Waals surface area contributed by atoms with Crippen molar-refractivity contribution in [2.45, 2.75) is 117 Å². The lowest BCUT2D eigenvalue weighted by molar-refractivity contribution is -0.705. The van der Waals surface area contributed by atoms with Gasteiger partial charge in [-0.25, -0.2) is 9.13 Å². The Kier molecular flexibility index (Phi) is 11.1. The Morgan fingerprint density at radius 2 is 1.39 bits per heavy atom. The second kappa shape index (κ2) is 12.6. The van der Waals surface area contributed by atoms with Crippen LogP contribution < -0.4 is 4.57 Å². The SMILES string of the molecule is CCCCCCCCC[n+]1ccn(CCCCCC)c1C(C)C. The minimum absolute atomic E-state index is 0.612. The fourth-order valence-corrected chi connectivity index (χ4v) is 3.47. The van der Waals surface area contributed by atoms with Crippen LogP contribution in [0, 0.1) is 0 Å².